The molecule has 1 nitrogen and oxygen atoms in total. The highest BCUT2D eigenvalue weighted by molar-refractivity contribution is 5.98. The summed E-state index contributed by atoms with van der Waals surface area (Å²) in [6.45, 7) is 1.02. The van der Waals surface area contributed by atoms with Crippen molar-refractivity contribution in [2.45, 2.75) is 6.42 Å². The molecule has 0 aliphatic carbocycles. The van der Waals surface area contributed by atoms with Crippen LogP contribution in [0.5, 0.6) is 0 Å². The minimum Gasteiger partial charge on any atom is -0.309 e. The zero-order valence-electron chi connectivity index (χ0n) is 15.0. The molecule has 3 aromatic carbocycles. The summed E-state index contributed by atoms with van der Waals surface area (Å²) in [4.78, 5) is 2.25. The lowest BCUT2D eigenvalue weighted by Crippen LogP contribution is -2.14. The van der Waals surface area contributed by atoms with E-state index in [4.69, 9.17) is 0 Å². The number of hydrogen-bond donors (Lipinski definition) is 0. The second kappa shape index (κ2) is 8.46. The van der Waals surface area contributed by atoms with Gasteiger partial charge in [0.25, 0.3) is 0 Å². The third-order valence-corrected chi connectivity index (χ3v) is 4.36. The number of benzene rings is 3. The summed E-state index contributed by atoms with van der Waals surface area (Å²) in [7, 11) is 4.26. The molecule has 126 valence electrons. The van der Waals surface area contributed by atoms with E-state index in [2.05, 4.69) is 110 Å². The Morgan fingerprint density at radius 2 is 1.00 bits per heavy atom. The van der Waals surface area contributed by atoms with E-state index in [-0.39, 0.29) is 0 Å². The molecule has 0 fully saturated rings. The topological polar surface area (TPSA) is 3.24 Å². The zero-order valence-corrected chi connectivity index (χ0v) is 15.0. The highest BCUT2D eigenvalue weighted by Crippen LogP contribution is 2.34. The summed E-state index contributed by atoms with van der Waals surface area (Å²) in [5.74, 6) is 0. The molecule has 0 N–H and O–H groups in total. The fourth-order valence-corrected chi connectivity index (χ4v) is 3.11. The second-order valence-corrected chi connectivity index (χ2v) is 6.50. The average Bonchev–Trinajstić information content (AvgIpc) is 2.67. The molecule has 1 heteroatoms. The summed E-state index contributed by atoms with van der Waals surface area (Å²) >= 11 is 0. The van der Waals surface area contributed by atoms with Gasteiger partial charge in [0, 0.05) is 6.54 Å². The van der Waals surface area contributed by atoms with Gasteiger partial charge >= 0.3 is 0 Å². The van der Waals surface area contributed by atoms with Gasteiger partial charge in [0.05, 0.1) is 0 Å². The molecule has 0 bridgehead atoms. The Kier molecular flexibility index (Phi) is 5.81. The molecule has 0 aromatic heterocycles. The zero-order chi connectivity index (χ0) is 17.5. The monoisotopic (exact) mass is 327 g/mol. The molecular formula is C24H25N. The first-order chi connectivity index (χ1) is 12.3. The molecule has 0 amide bonds. The Labute approximate surface area is 151 Å². The molecule has 0 radical (unpaired) electrons. The van der Waals surface area contributed by atoms with E-state index in [1.54, 1.807) is 0 Å². The molecule has 0 saturated carbocycles. The highest BCUT2D eigenvalue weighted by atomic mass is 15.0. The Hall–Kier alpha value is -2.64. The SMILES string of the molecule is CN(C)CCC(=C(c1ccccc1)c1ccccc1)c1ccccc1. The molecule has 0 unspecified atom stereocenters. The lowest BCUT2D eigenvalue weighted by molar-refractivity contribution is 0.419. The first kappa shape index (κ1) is 17.2. The van der Waals surface area contributed by atoms with Gasteiger partial charge in [-0.15, -0.1) is 0 Å². The molecule has 0 saturated heterocycles. The summed E-state index contributed by atoms with van der Waals surface area (Å²) < 4.78 is 0. The van der Waals surface area contributed by atoms with E-state index in [1.807, 2.05) is 0 Å². The summed E-state index contributed by atoms with van der Waals surface area (Å²) in [5.41, 5.74) is 6.56. The normalized spacial score (nSPS) is 10.7. The molecule has 25 heavy (non-hydrogen) atoms. The van der Waals surface area contributed by atoms with Crippen molar-refractivity contribution in [2.75, 3.05) is 20.6 Å². The fourth-order valence-electron chi connectivity index (χ4n) is 3.11. The lowest BCUT2D eigenvalue weighted by atomic mass is 9.88. The van der Waals surface area contributed by atoms with Crippen molar-refractivity contribution >= 4 is 11.1 Å². The van der Waals surface area contributed by atoms with Crippen LogP contribution in [0.1, 0.15) is 23.1 Å². The van der Waals surface area contributed by atoms with Gasteiger partial charge < -0.3 is 4.90 Å². The van der Waals surface area contributed by atoms with Gasteiger partial charge in [-0.2, -0.15) is 0 Å². The van der Waals surface area contributed by atoms with Gasteiger partial charge in [-0.3, -0.25) is 0 Å². The van der Waals surface area contributed by atoms with Crippen LogP contribution < -0.4 is 0 Å². The summed E-state index contributed by atoms with van der Waals surface area (Å²) in [6, 6.07) is 32.2. The molecular weight excluding hydrogens is 302 g/mol. The number of hydrogen-bond acceptors (Lipinski definition) is 1. The molecule has 0 atom stereocenters. The van der Waals surface area contributed by atoms with Crippen molar-refractivity contribution < 1.29 is 0 Å². The van der Waals surface area contributed by atoms with Crippen LogP contribution in [-0.4, -0.2) is 25.5 Å². The van der Waals surface area contributed by atoms with Crippen LogP contribution in [0.4, 0.5) is 0 Å². The van der Waals surface area contributed by atoms with Gasteiger partial charge in [0.1, 0.15) is 0 Å². The Balaban J connectivity index is 2.22. The van der Waals surface area contributed by atoms with Crippen LogP contribution in [0.2, 0.25) is 0 Å². The third kappa shape index (κ3) is 4.46. The van der Waals surface area contributed by atoms with Crippen LogP contribution >= 0.6 is 0 Å². The maximum absolute atomic E-state index is 2.25. The van der Waals surface area contributed by atoms with E-state index >= 15 is 0 Å². The highest BCUT2D eigenvalue weighted by Gasteiger charge is 2.14. The Morgan fingerprint density at radius 3 is 1.40 bits per heavy atom. The van der Waals surface area contributed by atoms with Gasteiger partial charge in [-0.05, 0) is 48.4 Å². The predicted octanol–water partition coefficient (Wildman–Crippen LogP) is 5.60. The molecule has 3 rings (SSSR count). The standard InChI is InChI=1S/C24H25N/c1-25(2)19-18-23(20-12-6-3-7-13-20)24(21-14-8-4-9-15-21)22-16-10-5-11-17-22/h3-17H,18-19H2,1-2H3. The molecule has 3 aromatic rings. The van der Waals surface area contributed by atoms with Gasteiger partial charge in [0.15, 0.2) is 0 Å². The second-order valence-electron chi connectivity index (χ2n) is 6.50. The first-order valence-electron chi connectivity index (χ1n) is 8.80. The first-order valence-corrected chi connectivity index (χ1v) is 8.80. The Morgan fingerprint density at radius 1 is 0.600 bits per heavy atom. The van der Waals surface area contributed by atoms with Crippen molar-refractivity contribution in [3.8, 4) is 0 Å². The van der Waals surface area contributed by atoms with Crippen LogP contribution in [0.15, 0.2) is 91.0 Å². The summed E-state index contributed by atoms with van der Waals surface area (Å²) in [5, 5.41) is 0. The summed E-state index contributed by atoms with van der Waals surface area (Å²) in [6.07, 6.45) is 1.01. The van der Waals surface area contributed by atoms with Crippen molar-refractivity contribution in [2.24, 2.45) is 0 Å². The van der Waals surface area contributed by atoms with Gasteiger partial charge in [-0.25, -0.2) is 0 Å². The van der Waals surface area contributed by atoms with Crippen LogP contribution in [-0.2, 0) is 0 Å². The van der Waals surface area contributed by atoms with Crippen molar-refractivity contribution in [1.82, 2.24) is 4.90 Å². The fraction of sp³-hybridized carbons (Fsp3) is 0.167. The average molecular weight is 327 g/mol. The van der Waals surface area contributed by atoms with E-state index in [1.165, 1.54) is 27.8 Å². The third-order valence-electron chi connectivity index (χ3n) is 4.36. The van der Waals surface area contributed by atoms with E-state index in [0.29, 0.717) is 0 Å². The van der Waals surface area contributed by atoms with Crippen molar-refractivity contribution in [3.63, 3.8) is 0 Å². The van der Waals surface area contributed by atoms with Crippen LogP contribution in [0.3, 0.4) is 0 Å². The number of rotatable bonds is 6. The van der Waals surface area contributed by atoms with E-state index in [9.17, 15) is 0 Å². The molecule has 0 heterocycles. The smallest absolute Gasteiger partial charge is 0.00162 e. The Bertz CT molecular complexity index is 761. The van der Waals surface area contributed by atoms with Gasteiger partial charge in [-0.1, -0.05) is 91.0 Å². The molecule has 0 aliphatic heterocycles. The van der Waals surface area contributed by atoms with Crippen molar-refractivity contribution in [3.05, 3.63) is 108 Å². The van der Waals surface area contributed by atoms with Crippen LogP contribution in [0.25, 0.3) is 11.1 Å². The minimum atomic E-state index is 1.01. The quantitative estimate of drug-likeness (QED) is 0.533. The maximum atomic E-state index is 2.25. The lowest BCUT2D eigenvalue weighted by Gasteiger charge is -2.19. The van der Waals surface area contributed by atoms with Gasteiger partial charge in [0.2, 0.25) is 0 Å². The maximum Gasteiger partial charge on any atom is 0.00162 e. The molecule has 0 spiro atoms. The molecule has 0 aliphatic rings. The number of nitrogens with zero attached hydrogens (tertiary/aromatic N) is 1. The predicted molar refractivity (Wildman–Crippen MR) is 108 cm³/mol. The minimum absolute atomic E-state index is 1.01. The van der Waals surface area contributed by atoms with Crippen LogP contribution in [0, 0.1) is 0 Å². The van der Waals surface area contributed by atoms with Crippen molar-refractivity contribution in [1.29, 1.82) is 0 Å². The van der Waals surface area contributed by atoms with E-state index < -0.39 is 0 Å². The largest absolute Gasteiger partial charge is 0.309 e. The van der Waals surface area contributed by atoms with E-state index in [0.717, 1.165) is 13.0 Å².